The van der Waals surface area contributed by atoms with Gasteiger partial charge in [-0.2, -0.15) is 0 Å². The van der Waals surface area contributed by atoms with Gasteiger partial charge in [0.05, 0.1) is 0 Å². The molecule has 0 amide bonds. The lowest BCUT2D eigenvalue weighted by Crippen LogP contribution is -2.22. The zero-order valence-corrected chi connectivity index (χ0v) is 36.5. The molecule has 7 nitrogen and oxygen atoms in total. The van der Waals surface area contributed by atoms with Gasteiger partial charge in [0.1, 0.15) is 0 Å². The van der Waals surface area contributed by atoms with Gasteiger partial charge in [-0.15, -0.1) is 0 Å². The number of rotatable bonds is 18. The van der Waals surface area contributed by atoms with Crippen molar-refractivity contribution in [2.75, 3.05) is 75.6 Å². The molecule has 0 spiro atoms. The summed E-state index contributed by atoms with van der Waals surface area (Å²) in [6.45, 7) is 25.3. The molecule has 0 atom stereocenters. The molecule has 1 N–H and O–H groups in total. The van der Waals surface area contributed by atoms with Gasteiger partial charge in [-0.05, 0) is 189 Å². The third kappa shape index (κ3) is 8.29. The van der Waals surface area contributed by atoms with Crippen LogP contribution in [0.2, 0.25) is 0 Å². The smallest absolute Gasteiger partial charge is 0.0492 e. The Morgan fingerprint density at radius 3 is 0.932 bits per heavy atom. The first-order valence-corrected chi connectivity index (χ1v) is 21.9. The highest BCUT2D eigenvalue weighted by molar-refractivity contribution is 6.11. The SMILES string of the molecule is CCNc1ccc(N(c2ccc(N(CC)CC)cc2)c2ccc3c(c2)c2cc(N(c4ccc(N(CC)CC)cc4)c4ccc(N(CC)CC)cc4)ccc2n3CC)cc1. The highest BCUT2D eigenvalue weighted by Gasteiger charge is 2.20. The third-order valence-corrected chi connectivity index (χ3v) is 11.9. The van der Waals surface area contributed by atoms with Crippen LogP contribution in [0.4, 0.5) is 56.9 Å². The lowest BCUT2D eigenvalue weighted by molar-refractivity contribution is 0.827. The summed E-state index contributed by atoms with van der Waals surface area (Å²) in [4.78, 5) is 12.0. The van der Waals surface area contributed by atoms with E-state index in [2.05, 4.69) is 223 Å². The highest BCUT2D eigenvalue weighted by Crippen LogP contribution is 2.43. The van der Waals surface area contributed by atoms with E-state index in [4.69, 9.17) is 0 Å². The van der Waals surface area contributed by atoms with Crippen LogP contribution in [-0.4, -0.2) is 50.4 Å². The van der Waals surface area contributed by atoms with Crippen molar-refractivity contribution in [3.05, 3.63) is 133 Å². The molecule has 7 heteroatoms. The van der Waals surface area contributed by atoms with Gasteiger partial charge in [-0.25, -0.2) is 0 Å². The molecule has 1 aromatic heterocycles. The quantitative estimate of drug-likeness (QED) is 0.0933. The maximum atomic E-state index is 3.47. The van der Waals surface area contributed by atoms with Crippen molar-refractivity contribution in [2.45, 2.75) is 61.9 Å². The second-order valence-electron chi connectivity index (χ2n) is 15.0. The van der Waals surface area contributed by atoms with Crippen molar-refractivity contribution in [1.82, 2.24) is 4.57 Å². The van der Waals surface area contributed by atoms with Gasteiger partial charge in [0.15, 0.2) is 0 Å². The van der Waals surface area contributed by atoms with E-state index in [0.29, 0.717) is 0 Å². The van der Waals surface area contributed by atoms with Gasteiger partial charge in [-0.3, -0.25) is 0 Å². The number of aryl methyl sites for hydroxylation is 1. The normalized spacial score (nSPS) is 11.3. The monoisotopic (exact) mass is 786 g/mol. The molecule has 1 heterocycles. The van der Waals surface area contributed by atoms with Gasteiger partial charge in [-0.1, -0.05) is 0 Å². The molecule has 0 radical (unpaired) electrons. The number of nitrogens with zero attached hydrogens (tertiary/aromatic N) is 6. The summed E-state index contributed by atoms with van der Waals surface area (Å²) in [5, 5.41) is 5.95. The Bertz CT molecular complexity index is 2350. The van der Waals surface area contributed by atoms with Gasteiger partial charge in [0, 0.05) is 131 Å². The Labute approximate surface area is 353 Å². The Hall–Kier alpha value is -6.08. The zero-order valence-electron chi connectivity index (χ0n) is 36.5. The van der Waals surface area contributed by atoms with E-state index < -0.39 is 0 Å². The Balaban J connectivity index is 1.39. The summed E-state index contributed by atoms with van der Waals surface area (Å²) in [6.07, 6.45) is 0. The van der Waals surface area contributed by atoms with Gasteiger partial charge in [0.2, 0.25) is 0 Å². The molecule has 0 saturated carbocycles. The minimum absolute atomic E-state index is 0.879. The molecule has 0 unspecified atom stereocenters. The van der Waals surface area contributed by atoms with Crippen LogP contribution in [0.5, 0.6) is 0 Å². The summed E-state index contributed by atoms with van der Waals surface area (Å²) >= 11 is 0. The largest absolute Gasteiger partial charge is 0.385 e. The van der Waals surface area contributed by atoms with E-state index in [1.54, 1.807) is 0 Å². The van der Waals surface area contributed by atoms with Gasteiger partial charge in [0.25, 0.3) is 0 Å². The average molecular weight is 786 g/mol. The first kappa shape index (κ1) is 41.1. The van der Waals surface area contributed by atoms with E-state index in [0.717, 1.165) is 92.2 Å². The predicted octanol–water partition coefficient (Wildman–Crippen LogP) is 13.7. The molecule has 7 aromatic rings. The van der Waals surface area contributed by atoms with Crippen LogP contribution >= 0.6 is 0 Å². The molecular weight excluding hydrogens is 723 g/mol. The van der Waals surface area contributed by atoms with Crippen molar-refractivity contribution in [3.63, 3.8) is 0 Å². The van der Waals surface area contributed by atoms with Crippen molar-refractivity contribution < 1.29 is 0 Å². The number of hydrogen-bond acceptors (Lipinski definition) is 6. The van der Waals surface area contributed by atoms with E-state index >= 15 is 0 Å². The summed E-state index contributed by atoms with van der Waals surface area (Å²) in [5.41, 5.74) is 14.1. The second-order valence-corrected chi connectivity index (χ2v) is 15.0. The first-order valence-electron chi connectivity index (χ1n) is 21.9. The second kappa shape index (κ2) is 18.7. The number of hydrogen-bond donors (Lipinski definition) is 1. The van der Waals surface area contributed by atoms with E-state index in [9.17, 15) is 0 Å². The Morgan fingerprint density at radius 2 is 0.644 bits per heavy atom. The molecule has 306 valence electrons. The van der Waals surface area contributed by atoms with Crippen LogP contribution in [-0.2, 0) is 6.54 Å². The van der Waals surface area contributed by atoms with Crippen LogP contribution in [0.15, 0.2) is 133 Å². The lowest BCUT2D eigenvalue weighted by Gasteiger charge is -2.28. The fourth-order valence-electron chi connectivity index (χ4n) is 8.73. The van der Waals surface area contributed by atoms with Crippen LogP contribution in [0.1, 0.15) is 55.4 Å². The fraction of sp³-hybridized carbons (Fsp3) is 0.308. The summed E-state index contributed by atoms with van der Waals surface area (Å²) in [7, 11) is 0. The molecule has 0 bridgehead atoms. The van der Waals surface area contributed by atoms with E-state index in [1.165, 1.54) is 38.9 Å². The first-order chi connectivity index (χ1) is 28.9. The zero-order chi connectivity index (χ0) is 41.5. The van der Waals surface area contributed by atoms with Crippen molar-refractivity contribution >= 4 is 78.7 Å². The summed E-state index contributed by atoms with van der Waals surface area (Å²) in [5.74, 6) is 0. The molecule has 0 aliphatic heterocycles. The van der Waals surface area contributed by atoms with Crippen molar-refractivity contribution in [1.29, 1.82) is 0 Å². The number of nitrogens with one attached hydrogen (secondary N) is 1. The van der Waals surface area contributed by atoms with Crippen molar-refractivity contribution in [2.24, 2.45) is 0 Å². The van der Waals surface area contributed by atoms with Crippen LogP contribution in [0, 0.1) is 0 Å². The maximum absolute atomic E-state index is 3.47. The highest BCUT2D eigenvalue weighted by atomic mass is 15.2. The van der Waals surface area contributed by atoms with E-state index in [1.807, 2.05) is 0 Å². The average Bonchev–Trinajstić information content (AvgIpc) is 3.59. The number of fused-ring (bicyclic) bond motifs is 3. The molecule has 0 saturated heterocycles. The molecule has 6 aromatic carbocycles. The molecule has 0 fully saturated rings. The van der Waals surface area contributed by atoms with Gasteiger partial charge < -0.3 is 34.4 Å². The molecule has 7 rings (SSSR count). The van der Waals surface area contributed by atoms with E-state index in [-0.39, 0.29) is 0 Å². The minimum Gasteiger partial charge on any atom is -0.385 e. The molecular formula is C52H63N7. The Kier molecular flexibility index (Phi) is 13.0. The van der Waals surface area contributed by atoms with Crippen LogP contribution in [0.25, 0.3) is 21.8 Å². The summed E-state index contributed by atoms with van der Waals surface area (Å²) in [6, 6.07) is 50.0. The third-order valence-electron chi connectivity index (χ3n) is 11.9. The van der Waals surface area contributed by atoms with Crippen LogP contribution in [0.3, 0.4) is 0 Å². The predicted molar refractivity (Wildman–Crippen MR) is 259 cm³/mol. The number of anilines is 10. The Morgan fingerprint density at radius 1 is 0.356 bits per heavy atom. The summed E-state index contributed by atoms with van der Waals surface area (Å²) < 4.78 is 2.45. The molecule has 0 aliphatic carbocycles. The van der Waals surface area contributed by atoms with Gasteiger partial charge >= 0.3 is 0 Å². The van der Waals surface area contributed by atoms with Crippen molar-refractivity contribution in [3.8, 4) is 0 Å². The maximum Gasteiger partial charge on any atom is 0.0492 e. The fourth-order valence-corrected chi connectivity index (χ4v) is 8.73. The van der Waals surface area contributed by atoms with Crippen LogP contribution < -0.4 is 29.8 Å². The minimum atomic E-state index is 0.879. The lowest BCUT2D eigenvalue weighted by atomic mass is 10.1. The number of benzene rings is 6. The number of aromatic nitrogens is 1. The topological polar surface area (TPSA) is 33.2 Å². The molecule has 0 aliphatic rings. The molecule has 59 heavy (non-hydrogen) atoms. The standard InChI is InChI=1S/C52H63N7/c1-9-53-39-17-19-43(20-18-39)58(44-27-21-40(22-28-44)54(10-2)11-3)47-33-35-51-49(37-47)50-38-48(34-36-52(50)57(51)16-8)59(45-29-23-41(24-30-45)55(12-4)13-5)46-31-25-42(26-32-46)56(14-6)15-7/h17-38,53H,9-16H2,1-8H3.